The van der Waals surface area contributed by atoms with Crippen LogP contribution in [0.15, 0.2) is 179 Å². The first-order valence-corrected chi connectivity index (χ1v) is 19.7. The molecular weight excluding hydrogens is 687 g/mol. The van der Waals surface area contributed by atoms with Gasteiger partial charge in [-0.2, -0.15) is 0 Å². The molecule has 3 nitrogen and oxygen atoms in total. The quantitative estimate of drug-likeness (QED) is 0.160. The summed E-state index contributed by atoms with van der Waals surface area (Å²) in [5.74, 6) is 0.795. The van der Waals surface area contributed by atoms with Crippen LogP contribution in [0.3, 0.4) is 0 Å². The van der Waals surface area contributed by atoms with E-state index in [0.29, 0.717) is 0 Å². The lowest BCUT2D eigenvalue weighted by Crippen LogP contribution is -2.32. The molecule has 0 bridgehead atoms. The average Bonchev–Trinajstić information content (AvgIpc) is 3.54. The molecule has 10 rings (SSSR count). The summed E-state index contributed by atoms with van der Waals surface area (Å²) >= 11 is 1.85. The van der Waals surface area contributed by atoms with E-state index in [1.807, 2.05) is 37.0 Å². The molecule has 0 fully saturated rings. The van der Waals surface area contributed by atoms with Crippen molar-refractivity contribution in [1.82, 2.24) is 9.97 Å². The maximum absolute atomic E-state index is 5.26. The molecule has 0 saturated carbocycles. The van der Waals surface area contributed by atoms with Crippen molar-refractivity contribution in [2.75, 3.05) is 0 Å². The molecule has 1 aromatic heterocycles. The van der Waals surface area contributed by atoms with Gasteiger partial charge in [0.15, 0.2) is 5.82 Å². The molecule has 7 aromatic rings. The molecular formula is C51H37N3S. The highest BCUT2D eigenvalue weighted by molar-refractivity contribution is 7.99. The fourth-order valence-corrected chi connectivity index (χ4v) is 10.0. The van der Waals surface area contributed by atoms with Crippen molar-refractivity contribution in [2.45, 2.75) is 35.0 Å². The first kappa shape index (κ1) is 33.2. The highest BCUT2D eigenvalue weighted by atomic mass is 32.2. The van der Waals surface area contributed by atoms with Gasteiger partial charge in [-0.05, 0) is 82.5 Å². The number of para-hydroxylation sites is 1. The van der Waals surface area contributed by atoms with Gasteiger partial charge >= 0.3 is 0 Å². The van der Waals surface area contributed by atoms with E-state index in [4.69, 9.17) is 15.0 Å². The average molecular weight is 724 g/mol. The van der Waals surface area contributed by atoms with Gasteiger partial charge in [-0.1, -0.05) is 164 Å². The summed E-state index contributed by atoms with van der Waals surface area (Å²) in [6, 6.07) is 50.9. The van der Waals surface area contributed by atoms with Crippen LogP contribution in [0, 0.1) is 0 Å². The Kier molecular flexibility index (Phi) is 8.15. The third-order valence-electron chi connectivity index (χ3n) is 11.2. The molecule has 4 heteroatoms. The third kappa shape index (κ3) is 5.32. The second-order valence-electron chi connectivity index (χ2n) is 14.2. The van der Waals surface area contributed by atoms with Crippen molar-refractivity contribution >= 4 is 35.3 Å². The standard InChI is InChI=1S/C51H37N3S/c1-3-33-20-15-23-38(49(33)52-4-2)36-26-28-43-47(30-36)55-48-31-37(27-29-44(48)51(43)41-24-13-11-21-39(41)40-22-12-14-25-42(40)51)46-32-45(34-16-7-5-8-17-34)53-50(54-46)35-18-9-6-10-19-35/h3-9,11-18,20-32H,1,10,19H2,2H3/b52-4-. The largest absolute Gasteiger partial charge is 0.260 e. The molecule has 0 saturated heterocycles. The van der Waals surface area contributed by atoms with Gasteiger partial charge in [-0.3, -0.25) is 4.99 Å². The Morgan fingerprint density at radius 2 is 1.27 bits per heavy atom. The van der Waals surface area contributed by atoms with Crippen LogP contribution in [0.1, 0.15) is 53.4 Å². The summed E-state index contributed by atoms with van der Waals surface area (Å²) in [5.41, 5.74) is 16.7. The Morgan fingerprint density at radius 1 is 0.636 bits per heavy atom. The van der Waals surface area contributed by atoms with Crippen LogP contribution in [-0.2, 0) is 5.41 Å². The molecule has 0 atom stereocenters. The number of rotatable bonds is 6. The van der Waals surface area contributed by atoms with E-state index in [1.165, 1.54) is 48.7 Å². The first-order valence-electron chi connectivity index (χ1n) is 18.9. The second kappa shape index (κ2) is 13.5. The summed E-state index contributed by atoms with van der Waals surface area (Å²) < 4.78 is 0. The van der Waals surface area contributed by atoms with Crippen molar-refractivity contribution < 1.29 is 0 Å². The number of allylic oxidation sites excluding steroid dienone is 4. The van der Waals surface area contributed by atoms with Gasteiger partial charge in [-0.25, -0.2) is 9.97 Å². The van der Waals surface area contributed by atoms with E-state index in [-0.39, 0.29) is 0 Å². The van der Waals surface area contributed by atoms with Crippen LogP contribution in [0.4, 0.5) is 5.69 Å². The van der Waals surface area contributed by atoms with Crippen LogP contribution in [0.5, 0.6) is 0 Å². The molecule has 55 heavy (non-hydrogen) atoms. The Morgan fingerprint density at radius 3 is 1.95 bits per heavy atom. The zero-order valence-electron chi connectivity index (χ0n) is 30.5. The fourth-order valence-electron chi connectivity index (χ4n) is 8.76. The van der Waals surface area contributed by atoms with Crippen molar-refractivity contribution in [1.29, 1.82) is 0 Å². The van der Waals surface area contributed by atoms with Crippen molar-refractivity contribution in [3.8, 4) is 44.8 Å². The molecule has 262 valence electrons. The van der Waals surface area contributed by atoms with Gasteiger partial charge in [0.1, 0.15) is 0 Å². The zero-order chi connectivity index (χ0) is 36.9. The molecule has 1 aliphatic heterocycles. The minimum absolute atomic E-state index is 0.487. The molecule has 3 aliphatic rings. The normalized spacial score (nSPS) is 14.6. The number of aromatic nitrogens is 2. The topological polar surface area (TPSA) is 38.1 Å². The Labute approximate surface area is 326 Å². The Bertz CT molecular complexity index is 2730. The highest BCUT2D eigenvalue weighted by Gasteiger charge is 2.50. The van der Waals surface area contributed by atoms with Gasteiger partial charge in [0.25, 0.3) is 0 Å². The van der Waals surface area contributed by atoms with E-state index >= 15 is 0 Å². The van der Waals surface area contributed by atoms with Gasteiger partial charge in [0.2, 0.25) is 0 Å². The molecule has 1 spiro atoms. The summed E-state index contributed by atoms with van der Waals surface area (Å²) in [6.45, 7) is 6.05. The van der Waals surface area contributed by atoms with Crippen LogP contribution in [-0.4, -0.2) is 16.2 Å². The van der Waals surface area contributed by atoms with Crippen LogP contribution in [0.2, 0.25) is 0 Å². The molecule has 0 amide bonds. The second-order valence-corrected chi connectivity index (χ2v) is 15.3. The fraction of sp³-hybridized carbons (Fsp3) is 0.0784. The maximum Gasteiger partial charge on any atom is 0.156 e. The van der Waals surface area contributed by atoms with Gasteiger partial charge in [0, 0.05) is 38.3 Å². The lowest BCUT2D eigenvalue weighted by molar-refractivity contribution is 0.723. The monoisotopic (exact) mass is 723 g/mol. The van der Waals surface area contributed by atoms with Crippen molar-refractivity contribution in [2.24, 2.45) is 4.99 Å². The maximum atomic E-state index is 5.26. The van der Waals surface area contributed by atoms with Crippen LogP contribution in [0.25, 0.3) is 56.4 Å². The van der Waals surface area contributed by atoms with E-state index in [2.05, 4.69) is 158 Å². The van der Waals surface area contributed by atoms with E-state index in [1.54, 1.807) is 0 Å². The first-order chi connectivity index (χ1) is 27.2. The summed E-state index contributed by atoms with van der Waals surface area (Å²) in [4.78, 5) is 17.7. The van der Waals surface area contributed by atoms with Gasteiger partial charge in [0.05, 0.1) is 22.5 Å². The number of hydrogen-bond donors (Lipinski definition) is 0. The number of aliphatic imine (C=N–C) groups is 1. The summed E-state index contributed by atoms with van der Waals surface area (Å²) in [6.07, 6.45) is 12.2. The molecule has 2 heterocycles. The van der Waals surface area contributed by atoms with Crippen LogP contribution < -0.4 is 0 Å². The number of fused-ring (bicyclic) bond motifs is 9. The SMILES string of the molecule is C=Cc1cccc(-c2ccc3c(c2)Sc2cc(-c4cc(-c5ccccc5)nc(C5=CC=CCC5)n4)ccc2C32c3ccccc3-c3ccccc32)c1/N=C\C. The third-order valence-corrected chi connectivity index (χ3v) is 12.3. The van der Waals surface area contributed by atoms with Crippen molar-refractivity contribution in [3.63, 3.8) is 0 Å². The minimum atomic E-state index is -0.487. The smallest absolute Gasteiger partial charge is 0.156 e. The van der Waals surface area contributed by atoms with Gasteiger partial charge < -0.3 is 0 Å². The van der Waals surface area contributed by atoms with E-state index in [0.717, 1.165) is 63.6 Å². The zero-order valence-corrected chi connectivity index (χ0v) is 31.4. The number of benzene rings is 6. The lowest BCUT2D eigenvalue weighted by Gasteiger charge is -2.40. The van der Waals surface area contributed by atoms with Crippen molar-refractivity contribution in [3.05, 3.63) is 198 Å². The van der Waals surface area contributed by atoms with Crippen LogP contribution >= 0.6 is 11.8 Å². The van der Waals surface area contributed by atoms with E-state index in [9.17, 15) is 0 Å². The minimum Gasteiger partial charge on any atom is -0.260 e. The molecule has 6 aromatic carbocycles. The predicted octanol–water partition coefficient (Wildman–Crippen LogP) is 13.4. The Balaban J connectivity index is 1.21. The van der Waals surface area contributed by atoms with Gasteiger partial charge in [-0.15, -0.1) is 0 Å². The number of hydrogen-bond acceptors (Lipinski definition) is 4. The molecule has 0 radical (unpaired) electrons. The number of nitrogens with zero attached hydrogens (tertiary/aromatic N) is 3. The molecule has 0 N–H and O–H groups in total. The Hall–Kier alpha value is -6.36. The van der Waals surface area contributed by atoms with E-state index < -0.39 is 5.41 Å². The molecule has 2 aliphatic carbocycles. The summed E-state index contributed by atoms with van der Waals surface area (Å²) in [7, 11) is 0. The molecule has 0 unspecified atom stereocenters. The summed E-state index contributed by atoms with van der Waals surface area (Å²) in [5, 5.41) is 0. The highest BCUT2D eigenvalue weighted by Crippen LogP contribution is 2.62. The lowest BCUT2D eigenvalue weighted by atomic mass is 9.67. The predicted molar refractivity (Wildman–Crippen MR) is 230 cm³/mol.